The number of hydrogen-bond acceptors (Lipinski definition) is 3. The van der Waals surface area contributed by atoms with Crippen LogP contribution in [0.4, 0.5) is 0 Å². The lowest BCUT2D eigenvalue weighted by atomic mass is 10.3. The monoisotopic (exact) mass is 249 g/mol. The molecule has 90 valence electrons. The van der Waals surface area contributed by atoms with Gasteiger partial charge in [0.15, 0.2) is 0 Å². The molecule has 2 aromatic rings. The molecule has 1 heterocycles. The molecular formula is C12H15N3OS. The van der Waals surface area contributed by atoms with Crippen molar-refractivity contribution in [3.05, 3.63) is 45.6 Å². The first-order chi connectivity index (χ1) is 8.09. The zero-order valence-corrected chi connectivity index (χ0v) is 10.9. The normalized spacial score (nSPS) is 12.4. The first-order valence-corrected chi connectivity index (χ1v) is 6.25. The summed E-state index contributed by atoms with van der Waals surface area (Å²) >= 11 is 1.37. The molecular weight excluding hydrogens is 234 g/mol. The predicted molar refractivity (Wildman–Crippen MR) is 69.6 cm³/mol. The molecule has 0 aliphatic heterocycles. The maximum absolute atomic E-state index is 12.0. The molecule has 1 aromatic carbocycles. The van der Waals surface area contributed by atoms with E-state index in [1.165, 1.54) is 11.5 Å². The minimum atomic E-state index is -0.0550. The number of para-hydroxylation sites is 1. The van der Waals surface area contributed by atoms with Crippen molar-refractivity contribution < 1.29 is 0 Å². The van der Waals surface area contributed by atoms with Gasteiger partial charge in [-0.2, -0.15) is 0 Å². The summed E-state index contributed by atoms with van der Waals surface area (Å²) in [6.07, 6.45) is 0. The van der Waals surface area contributed by atoms with E-state index in [2.05, 4.69) is 4.99 Å². The summed E-state index contributed by atoms with van der Waals surface area (Å²) in [5, 5.41) is 0. The number of nitrogens with zero attached hydrogens (tertiary/aromatic N) is 3. The van der Waals surface area contributed by atoms with Crippen LogP contribution >= 0.6 is 11.5 Å². The highest BCUT2D eigenvalue weighted by molar-refractivity contribution is 7.03. The predicted octanol–water partition coefficient (Wildman–Crippen LogP) is 1.55. The molecule has 0 bridgehead atoms. The van der Waals surface area contributed by atoms with E-state index >= 15 is 0 Å². The number of benzene rings is 1. The van der Waals surface area contributed by atoms with Crippen molar-refractivity contribution in [2.75, 3.05) is 0 Å². The Morgan fingerprint density at radius 2 is 1.88 bits per heavy atom. The van der Waals surface area contributed by atoms with E-state index in [1.807, 2.05) is 44.2 Å². The molecule has 0 N–H and O–H groups in total. The zero-order chi connectivity index (χ0) is 12.4. The second kappa shape index (κ2) is 4.71. The molecule has 0 amide bonds. The Bertz CT molecular complexity index is 619. The van der Waals surface area contributed by atoms with Crippen LogP contribution in [0.15, 0.2) is 40.1 Å². The van der Waals surface area contributed by atoms with Crippen molar-refractivity contribution in [2.45, 2.75) is 19.9 Å². The fraction of sp³-hybridized carbons (Fsp3) is 0.333. The van der Waals surface area contributed by atoms with Crippen LogP contribution in [-0.4, -0.2) is 14.6 Å². The smallest absolute Gasteiger partial charge is 0.271 e. The van der Waals surface area contributed by atoms with E-state index in [-0.39, 0.29) is 11.7 Å². The molecule has 4 nitrogen and oxygen atoms in total. The lowest BCUT2D eigenvalue weighted by molar-refractivity contribution is 0.733. The van der Waals surface area contributed by atoms with Gasteiger partial charge in [0.05, 0.1) is 5.69 Å². The summed E-state index contributed by atoms with van der Waals surface area (Å²) < 4.78 is 3.24. The summed E-state index contributed by atoms with van der Waals surface area (Å²) in [4.78, 5) is 17.2. The van der Waals surface area contributed by atoms with Crippen molar-refractivity contribution in [2.24, 2.45) is 12.0 Å². The summed E-state index contributed by atoms with van der Waals surface area (Å²) in [7, 11) is 1.75. The van der Waals surface area contributed by atoms with E-state index in [0.29, 0.717) is 0 Å². The van der Waals surface area contributed by atoms with Crippen molar-refractivity contribution in [3.8, 4) is 5.69 Å². The molecule has 0 atom stereocenters. The van der Waals surface area contributed by atoms with Gasteiger partial charge < -0.3 is 0 Å². The first kappa shape index (κ1) is 11.9. The minimum Gasteiger partial charge on any atom is -0.271 e. The molecule has 0 spiro atoms. The van der Waals surface area contributed by atoms with Gasteiger partial charge in [-0.05, 0) is 37.5 Å². The fourth-order valence-electron chi connectivity index (χ4n) is 1.46. The van der Waals surface area contributed by atoms with E-state index in [9.17, 15) is 4.79 Å². The molecule has 0 saturated carbocycles. The fourth-order valence-corrected chi connectivity index (χ4v) is 2.51. The maximum Gasteiger partial charge on any atom is 0.344 e. The molecule has 0 fully saturated rings. The van der Waals surface area contributed by atoms with Crippen LogP contribution in [0.1, 0.15) is 13.8 Å². The molecule has 1 aromatic heterocycles. The summed E-state index contributed by atoms with van der Waals surface area (Å²) in [6, 6.07) is 9.78. The average Bonchev–Trinajstić information content (AvgIpc) is 2.58. The second-order valence-corrected chi connectivity index (χ2v) is 4.98. The van der Waals surface area contributed by atoms with E-state index < -0.39 is 0 Å². The van der Waals surface area contributed by atoms with Gasteiger partial charge in [0, 0.05) is 13.1 Å². The van der Waals surface area contributed by atoms with Gasteiger partial charge in [0.1, 0.15) is 0 Å². The Hall–Kier alpha value is -1.62. The van der Waals surface area contributed by atoms with E-state index in [4.69, 9.17) is 0 Å². The standard InChI is InChI=1S/C12H15N3OS/c1-9(2)13-11-14(3)12(16)15(17-11)10-7-5-4-6-8-10/h4-9H,1-3H3. The number of hydrogen-bond donors (Lipinski definition) is 0. The summed E-state index contributed by atoms with van der Waals surface area (Å²) in [5.41, 5.74) is 0.823. The van der Waals surface area contributed by atoms with Crippen LogP contribution in [-0.2, 0) is 7.05 Å². The highest BCUT2D eigenvalue weighted by Gasteiger charge is 2.06. The van der Waals surface area contributed by atoms with E-state index in [0.717, 1.165) is 10.5 Å². The van der Waals surface area contributed by atoms with Crippen molar-refractivity contribution in [3.63, 3.8) is 0 Å². The maximum atomic E-state index is 12.0. The van der Waals surface area contributed by atoms with Gasteiger partial charge in [0.2, 0.25) is 4.80 Å². The summed E-state index contributed by atoms with van der Waals surface area (Å²) in [5.74, 6) is 0. The highest BCUT2D eigenvalue weighted by Crippen LogP contribution is 2.04. The third-order valence-corrected chi connectivity index (χ3v) is 3.37. The molecule has 0 aliphatic carbocycles. The lowest BCUT2D eigenvalue weighted by Gasteiger charge is -1.96. The van der Waals surface area contributed by atoms with Gasteiger partial charge in [-0.25, -0.2) is 8.75 Å². The largest absolute Gasteiger partial charge is 0.344 e. The highest BCUT2D eigenvalue weighted by atomic mass is 32.1. The Morgan fingerprint density at radius 1 is 1.24 bits per heavy atom. The second-order valence-electron chi connectivity index (χ2n) is 4.07. The van der Waals surface area contributed by atoms with Crippen molar-refractivity contribution >= 4 is 11.5 Å². The topological polar surface area (TPSA) is 39.3 Å². The Balaban J connectivity index is 2.63. The van der Waals surface area contributed by atoms with Gasteiger partial charge in [-0.15, -0.1) is 0 Å². The molecule has 0 radical (unpaired) electrons. The van der Waals surface area contributed by atoms with Crippen molar-refractivity contribution in [1.29, 1.82) is 0 Å². The quantitative estimate of drug-likeness (QED) is 0.796. The molecule has 0 unspecified atom stereocenters. The van der Waals surface area contributed by atoms with E-state index in [1.54, 1.807) is 15.6 Å². The molecule has 17 heavy (non-hydrogen) atoms. The van der Waals surface area contributed by atoms with Gasteiger partial charge in [-0.3, -0.25) is 9.56 Å². The van der Waals surface area contributed by atoms with Crippen LogP contribution in [0.25, 0.3) is 5.69 Å². The van der Waals surface area contributed by atoms with Crippen LogP contribution in [0.3, 0.4) is 0 Å². The van der Waals surface area contributed by atoms with Crippen LogP contribution in [0.5, 0.6) is 0 Å². The SMILES string of the molecule is CC(C)N=c1sn(-c2ccccc2)c(=O)n1C. The molecule has 0 aliphatic rings. The number of rotatable bonds is 2. The van der Waals surface area contributed by atoms with Gasteiger partial charge in [-0.1, -0.05) is 18.2 Å². The first-order valence-electron chi connectivity index (χ1n) is 5.48. The van der Waals surface area contributed by atoms with Gasteiger partial charge in [0.25, 0.3) is 0 Å². The molecule has 2 rings (SSSR count). The minimum absolute atomic E-state index is 0.0550. The number of aromatic nitrogens is 2. The zero-order valence-electron chi connectivity index (χ0n) is 10.1. The Morgan fingerprint density at radius 3 is 2.47 bits per heavy atom. The van der Waals surface area contributed by atoms with Crippen molar-refractivity contribution in [1.82, 2.24) is 8.52 Å². The molecule has 0 saturated heterocycles. The Kier molecular flexibility index (Phi) is 3.28. The Labute approximate surface area is 104 Å². The lowest BCUT2D eigenvalue weighted by Crippen LogP contribution is -2.26. The van der Waals surface area contributed by atoms with Gasteiger partial charge >= 0.3 is 5.69 Å². The van der Waals surface area contributed by atoms with Crippen LogP contribution in [0, 0.1) is 0 Å². The van der Waals surface area contributed by atoms with Crippen LogP contribution < -0.4 is 10.5 Å². The summed E-state index contributed by atoms with van der Waals surface area (Å²) in [6.45, 7) is 3.99. The average molecular weight is 249 g/mol. The van der Waals surface area contributed by atoms with Crippen LogP contribution in [0.2, 0.25) is 0 Å². The third kappa shape index (κ3) is 2.39. The third-order valence-electron chi connectivity index (χ3n) is 2.28. The molecule has 5 heteroatoms.